The van der Waals surface area contributed by atoms with Crippen LogP contribution in [0.5, 0.6) is 0 Å². The van der Waals surface area contributed by atoms with Gasteiger partial charge < -0.3 is 11.1 Å². The molecule has 3 N–H and O–H groups in total. The number of urea groups is 1. The Bertz CT molecular complexity index is 300. The van der Waals surface area contributed by atoms with Crippen molar-refractivity contribution in [3.8, 4) is 0 Å². The van der Waals surface area contributed by atoms with Crippen molar-refractivity contribution in [3.05, 3.63) is 0 Å². The summed E-state index contributed by atoms with van der Waals surface area (Å²) < 4.78 is 0. The Morgan fingerprint density at radius 3 is 2.53 bits per heavy atom. The number of imide groups is 1. The molecule has 2 fully saturated rings. The van der Waals surface area contributed by atoms with E-state index in [1.54, 1.807) is 0 Å². The van der Waals surface area contributed by atoms with Gasteiger partial charge in [-0.2, -0.15) is 0 Å². The SMILES string of the molecule is N[C@@H]1CCCCN(C(=O)NC2CCCC2)C1=O. The smallest absolute Gasteiger partial charge is 0.324 e. The summed E-state index contributed by atoms with van der Waals surface area (Å²) in [4.78, 5) is 25.2. The van der Waals surface area contributed by atoms with Crippen LogP contribution in [0.2, 0.25) is 0 Å². The second kappa shape index (κ2) is 5.49. The van der Waals surface area contributed by atoms with Gasteiger partial charge in [-0.1, -0.05) is 12.8 Å². The lowest BCUT2D eigenvalue weighted by atomic mass is 10.1. The van der Waals surface area contributed by atoms with E-state index in [2.05, 4.69) is 5.32 Å². The van der Waals surface area contributed by atoms with Crippen LogP contribution in [0.4, 0.5) is 4.79 Å². The van der Waals surface area contributed by atoms with Gasteiger partial charge >= 0.3 is 6.03 Å². The van der Waals surface area contributed by atoms with E-state index in [9.17, 15) is 9.59 Å². The fraction of sp³-hybridized carbons (Fsp3) is 0.833. The van der Waals surface area contributed by atoms with E-state index in [-0.39, 0.29) is 18.0 Å². The minimum absolute atomic E-state index is 0.224. The summed E-state index contributed by atoms with van der Waals surface area (Å²) in [5.74, 6) is -0.224. The normalized spacial score (nSPS) is 27.0. The molecule has 0 spiro atoms. The molecule has 0 radical (unpaired) electrons. The van der Waals surface area contributed by atoms with Gasteiger partial charge in [0.05, 0.1) is 6.04 Å². The molecule has 5 nitrogen and oxygen atoms in total. The predicted molar refractivity (Wildman–Crippen MR) is 64.3 cm³/mol. The highest BCUT2D eigenvalue weighted by atomic mass is 16.2. The summed E-state index contributed by atoms with van der Waals surface area (Å²) >= 11 is 0. The highest BCUT2D eigenvalue weighted by molar-refractivity contribution is 5.97. The van der Waals surface area contributed by atoms with E-state index < -0.39 is 6.04 Å². The molecule has 96 valence electrons. The van der Waals surface area contributed by atoms with Crippen molar-refractivity contribution in [1.29, 1.82) is 0 Å². The number of amides is 3. The number of hydrogen-bond acceptors (Lipinski definition) is 3. The van der Waals surface area contributed by atoms with Crippen molar-refractivity contribution >= 4 is 11.9 Å². The number of rotatable bonds is 1. The van der Waals surface area contributed by atoms with Crippen LogP contribution in [0.1, 0.15) is 44.9 Å². The number of likely N-dealkylation sites (tertiary alicyclic amines) is 1. The molecular formula is C12H21N3O2. The first-order valence-electron chi connectivity index (χ1n) is 6.56. The maximum Gasteiger partial charge on any atom is 0.324 e. The molecule has 17 heavy (non-hydrogen) atoms. The molecule has 1 atom stereocenters. The third-order valence-electron chi connectivity index (χ3n) is 3.66. The molecule has 0 aromatic rings. The van der Waals surface area contributed by atoms with Gasteiger partial charge in [-0.25, -0.2) is 4.79 Å². The lowest BCUT2D eigenvalue weighted by Crippen LogP contribution is -2.51. The first kappa shape index (κ1) is 12.4. The zero-order chi connectivity index (χ0) is 12.3. The van der Waals surface area contributed by atoms with E-state index in [1.165, 1.54) is 17.7 Å². The van der Waals surface area contributed by atoms with Crippen molar-refractivity contribution in [2.45, 2.75) is 57.0 Å². The second-order valence-electron chi connectivity index (χ2n) is 5.02. The molecule has 2 aliphatic rings. The average molecular weight is 239 g/mol. The van der Waals surface area contributed by atoms with E-state index in [0.717, 1.165) is 25.7 Å². The fourth-order valence-corrected chi connectivity index (χ4v) is 2.59. The summed E-state index contributed by atoms with van der Waals surface area (Å²) in [5.41, 5.74) is 5.74. The van der Waals surface area contributed by atoms with Gasteiger partial charge in [0.25, 0.3) is 0 Å². The monoisotopic (exact) mass is 239 g/mol. The van der Waals surface area contributed by atoms with Crippen molar-refractivity contribution < 1.29 is 9.59 Å². The predicted octanol–water partition coefficient (Wildman–Crippen LogP) is 0.978. The highest BCUT2D eigenvalue weighted by Gasteiger charge is 2.30. The van der Waals surface area contributed by atoms with Gasteiger partial charge in [-0.15, -0.1) is 0 Å². The van der Waals surface area contributed by atoms with Crippen molar-refractivity contribution in [2.24, 2.45) is 5.73 Å². The Hall–Kier alpha value is -1.10. The summed E-state index contributed by atoms with van der Waals surface area (Å²) in [6.07, 6.45) is 6.85. The summed E-state index contributed by atoms with van der Waals surface area (Å²) in [6.45, 7) is 0.505. The molecule has 0 aromatic carbocycles. The fourth-order valence-electron chi connectivity index (χ4n) is 2.59. The molecule has 3 amide bonds. The minimum atomic E-state index is -0.508. The van der Waals surface area contributed by atoms with Crippen LogP contribution in [0.3, 0.4) is 0 Å². The summed E-state index contributed by atoms with van der Waals surface area (Å²) in [6, 6.07) is -0.513. The van der Waals surface area contributed by atoms with Crippen LogP contribution in [0, 0.1) is 0 Å². The molecule has 1 heterocycles. The number of nitrogens with two attached hydrogens (primary N) is 1. The molecule has 1 aliphatic carbocycles. The Balaban J connectivity index is 1.93. The van der Waals surface area contributed by atoms with Crippen molar-refractivity contribution in [3.63, 3.8) is 0 Å². The zero-order valence-electron chi connectivity index (χ0n) is 10.2. The quantitative estimate of drug-likeness (QED) is 0.716. The largest absolute Gasteiger partial charge is 0.335 e. The summed E-state index contributed by atoms with van der Waals surface area (Å²) in [7, 11) is 0. The third-order valence-corrected chi connectivity index (χ3v) is 3.66. The van der Waals surface area contributed by atoms with Gasteiger partial charge in [0.2, 0.25) is 5.91 Å². The van der Waals surface area contributed by atoms with Gasteiger partial charge in [0.15, 0.2) is 0 Å². The van der Waals surface area contributed by atoms with E-state index in [0.29, 0.717) is 13.0 Å². The number of nitrogens with one attached hydrogen (secondary N) is 1. The maximum atomic E-state index is 12.0. The Morgan fingerprint density at radius 2 is 1.82 bits per heavy atom. The number of hydrogen-bond donors (Lipinski definition) is 2. The molecule has 5 heteroatoms. The first-order chi connectivity index (χ1) is 8.18. The molecule has 1 saturated heterocycles. The number of nitrogens with zero attached hydrogens (tertiary/aromatic N) is 1. The van der Waals surface area contributed by atoms with Crippen molar-refractivity contribution in [2.75, 3.05) is 6.54 Å². The van der Waals surface area contributed by atoms with Crippen LogP contribution >= 0.6 is 0 Å². The molecule has 2 rings (SSSR count). The molecule has 0 aromatic heterocycles. The Kier molecular flexibility index (Phi) is 3.99. The van der Waals surface area contributed by atoms with Gasteiger partial charge in [0, 0.05) is 12.6 Å². The number of carbonyl (C=O) groups is 2. The maximum absolute atomic E-state index is 12.0. The minimum Gasteiger partial charge on any atom is -0.335 e. The second-order valence-corrected chi connectivity index (χ2v) is 5.02. The Morgan fingerprint density at radius 1 is 1.18 bits per heavy atom. The van der Waals surface area contributed by atoms with Gasteiger partial charge in [0.1, 0.15) is 0 Å². The topological polar surface area (TPSA) is 75.4 Å². The summed E-state index contributed by atoms with van der Waals surface area (Å²) in [5, 5.41) is 2.94. The van der Waals surface area contributed by atoms with Crippen molar-refractivity contribution in [1.82, 2.24) is 10.2 Å². The van der Waals surface area contributed by atoms with E-state index in [4.69, 9.17) is 5.73 Å². The van der Waals surface area contributed by atoms with Crippen LogP contribution in [0.25, 0.3) is 0 Å². The van der Waals surface area contributed by atoms with Crippen LogP contribution in [-0.4, -0.2) is 35.5 Å². The van der Waals surface area contributed by atoms with E-state index in [1.807, 2.05) is 0 Å². The third kappa shape index (κ3) is 2.97. The molecule has 0 unspecified atom stereocenters. The standard InChI is InChI=1S/C12H21N3O2/c13-10-7-3-4-8-15(11(10)16)12(17)14-9-5-1-2-6-9/h9-10H,1-8,13H2,(H,14,17)/t10-/m1/s1. The first-order valence-corrected chi connectivity index (χ1v) is 6.56. The van der Waals surface area contributed by atoms with Crippen LogP contribution in [0.15, 0.2) is 0 Å². The highest BCUT2D eigenvalue weighted by Crippen LogP contribution is 2.18. The van der Waals surface area contributed by atoms with Gasteiger partial charge in [-0.3, -0.25) is 9.69 Å². The molecule has 0 bridgehead atoms. The lowest BCUT2D eigenvalue weighted by Gasteiger charge is -2.23. The van der Waals surface area contributed by atoms with Crippen LogP contribution < -0.4 is 11.1 Å². The lowest BCUT2D eigenvalue weighted by molar-refractivity contribution is -0.129. The molecule has 1 aliphatic heterocycles. The van der Waals surface area contributed by atoms with Crippen LogP contribution in [-0.2, 0) is 4.79 Å². The number of carbonyl (C=O) groups excluding carboxylic acids is 2. The van der Waals surface area contributed by atoms with Gasteiger partial charge in [-0.05, 0) is 32.1 Å². The average Bonchev–Trinajstić information content (AvgIpc) is 2.74. The Labute approximate surface area is 102 Å². The zero-order valence-corrected chi connectivity index (χ0v) is 10.2. The molecular weight excluding hydrogens is 218 g/mol. The van der Waals surface area contributed by atoms with E-state index >= 15 is 0 Å². The molecule has 1 saturated carbocycles.